The number of nitrogens with zero attached hydrogens (tertiary/aromatic N) is 3. The Morgan fingerprint density at radius 2 is 2.00 bits per heavy atom. The molecule has 1 amide bonds. The smallest absolute Gasteiger partial charge is 0.241 e. The van der Waals surface area contributed by atoms with Crippen molar-refractivity contribution in [1.82, 2.24) is 15.8 Å². The molecule has 0 bridgehead atoms. The van der Waals surface area contributed by atoms with Crippen molar-refractivity contribution in [3.8, 4) is 0 Å². The highest BCUT2D eigenvalue weighted by molar-refractivity contribution is 8.14. The van der Waals surface area contributed by atoms with Gasteiger partial charge in [-0.3, -0.25) is 15.1 Å². The predicted molar refractivity (Wildman–Crippen MR) is 97.9 cm³/mol. The van der Waals surface area contributed by atoms with Crippen LogP contribution in [0.2, 0.25) is 0 Å². The lowest BCUT2D eigenvalue weighted by Gasteiger charge is -2.32. The lowest BCUT2D eigenvalue weighted by atomic mass is 10.1. The Kier molecular flexibility index (Phi) is 4.84. The molecule has 0 saturated carbocycles. The van der Waals surface area contributed by atoms with E-state index >= 15 is 0 Å². The number of fused-ring (bicyclic) bond motifs is 1. The Bertz CT molecular complexity index is 617. The minimum absolute atomic E-state index is 0.127. The second-order valence-corrected chi connectivity index (χ2v) is 7.46. The van der Waals surface area contributed by atoms with Crippen LogP contribution in [-0.4, -0.2) is 54.1 Å². The van der Waals surface area contributed by atoms with Crippen LogP contribution in [0.15, 0.2) is 35.3 Å². The summed E-state index contributed by atoms with van der Waals surface area (Å²) in [6.45, 7) is 4.08. The zero-order chi connectivity index (χ0) is 16.4. The van der Waals surface area contributed by atoms with Crippen LogP contribution in [0.25, 0.3) is 0 Å². The van der Waals surface area contributed by atoms with Crippen LogP contribution in [0.1, 0.15) is 12.8 Å². The number of amides is 1. The first kappa shape index (κ1) is 16.1. The van der Waals surface area contributed by atoms with Crippen molar-refractivity contribution in [1.29, 1.82) is 0 Å². The maximum Gasteiger partial charge on any atom is 0.241 e. The molecule has 0 radical (unpaired) electrons. The van der Waals surface area contributed by atoms with Gasteiger partial charge in [0.05, 0.1) is 11.6 Å². The van der Waals surface area contributed by atoms with E-state index in [1.807, 2.05) is 30.3 Å². The number of aliphatic imine (C=N–C) groups is 1. The predicted octanol–water partition coefficient (Wildman–Crippen LogP) is 1.27. The van der Waals surface area contributed by atoms with Crippen LogP contribution in [0.5, 0.6) is 0 Å². The van der Waals surface area contributed by atoms with Crippen molar-refractivity contribution in [2.24, 2.45) is 10.9 Å². The topological polar surface area (TPSA) is 60.0 Å². The second kappa shape index (κ2) is 7.23. The fourth-order valence-electron chi connectivity index (χ4n) is 3.46. The normalized spacial score (nSPS) is 27.4. The number of para-hydroxylation sites is 1. The van der Waals surface area contributed by atoms with Gasteiger partial charge >= 0.3 is 0 Å². The standard InChI is InChI=1S/C17H23N5OS/c23-16-14-12-18-20-15(14)19-17(22(16)13-6-2-1-3-7-13)24-11-10-21-8-4-5-9-21/h1-3,6-7,14-15,18,20H,4-5,8-12H2. The molecule has 1 aromatic carbocycles. The molecule has 128 valence electrons. The molecular weight excluding hydrogens is 322 g/mol. The molecular formula is C17H23N5OS. The first-order chi connectivity index (χ1) is 11.8. The molecule has 2 unspecified atom stereocenters. The van der Waals surface area contributed by atoms with Crippen LogP contribution in [-0.2, 0) is 4.79 Å². The third-order valence-corrected chi connectivity index (χ3v) is 5.72. The van der Waals surface area contributed by atoms with E-state index in [0.29, 0.717) is 6.54 Å². The maximum atomic E-state index is 13.0. The minimum atomic E-state index is -0.147. The molecule has 3 heterocycles. The third-order valence-electron chi connectivity index (χ3n) is 4.78. The van der Waals surface area contributed by atoms with Gasteiger partial charge < -0.3 is 4.90 Å². The van der Waals surface area contributed by atoms with Gasteiger partial charge in [0, 0.05) is 18.8 Å². The lowest BCUT2D eigenvalue weighted by molar-refractivity contribution is -0.121. The Labute approximate surface area is 146 Å². The molecule has 3 aliphatic heterocycles. The molecule has 4 rings (SSSR count). The van der Waals surface area contributed by atoms with E-state index in [0.717, 1.165) is 23.2 Å². The lowest BCUT2D eigenvalue weighted by Crippen LogP contribution is -2.49. The largest absolute Gasteiger partial charge is 0.303 e. The average molecular weight is 345 g/mol. The molecule has 2 saturated heterocycles. The molecule has 0 spiro atoms. The average Bonchev–Trinajstić information content (AvgIpc) is 3.27. The van der Waals surface area contributed by atoms with Crippen LogP contribution in [0.3, 0.4) is 0 Å². The Morgan fingerprint density at radius 1 is 1.21 bits per heavy atom. The number of carbonyl (C=O) groups is 1. The summed E-state index contributed by atoms with van der Waals surface area (Å²) in [5.74, 6) is 0.954. The summed E-state index contributed by atoms with van der Waals surface area (Å²) >= 11 is 1.69. The van der Waals surface area contributed by atoms with Gasteiger partial charge in [-0.05, 0) is 38.1 Å². The van der Waals surface area contributed by atoms with E-state index in [1.165, 1.54) is 25.9 Å². The van der Waals surface area contributed by atoms with Crippen molar-refractivity contribution in [3.05, 3.63) is 30.3 Å². The Morgan fingerprint density at radius 3 is 2.79 bits per heavy atom. The van der Waals surface area contributed by atoms with E-state index in [1.54, 1.807) is 16.7 Å². The SMILES string of the molecule is O=C1C2CNNC2N=C(SCCN2CCCC2)N1c1ccccc1. The molecule has 2 N–H and O–H groups in total. The van der Waals surface area contributed by atoms with Crippen molar-refractivity contribution < 1.29 is 4.79 Å². The molecule has 7 heteroatoms. The van der Waals surface area contributed by atoms with Gasteiger partial charge in [-0.15, -0.1) is 0 Å². The second-order valence-electron chi connectivity index (χ2n) is 6.39. The third kappa shape index (κ3) is 3.21. The zero-order valence-electron chi connectivity index (χ0n) is 13.6. The number of amidine groups is 1. The Balaban J connectivity index is 1.52. The fourth-order valence-corrected chi connectivity index (χ4v) is 4.50. The molecule has 3 aliphatic rings. The number of benzene rings is 1. The monoisotopic (exact) mass is 345 g/mol. The molecule has 2 fully saturated rings. The number of anilines is 1. The fraction of sp³-hybridized carbons (Fsp3) is 0.529. The van der Waals surface area contributed by atoms with Crippen LogP contribution in [0.4, 0.5) is 5.69 Å². The highest BCUT2D eigenvalue weighted by atomic mass is 32.2. The summed E-state index contributed by atoms with van der Waals surface area (Å²) in [4.78, 5) is 22.1. The van der Waals surface area contributed by atoms with Crippen LogP contribution in [0, 0.1) is 5.92 Å². The molecule has 0 aromatic heterocycles. The summed E-state index contributed by atoms with van der Waals surface area (Å²) in [7, 11) is 0. The molecule has 0 aliphatic carbocycles. The summed E-state index contributed by atoms with van der Waals surface area (Å²) in [5, 5.41) is 0.808. The quantitative estimate of drug-likeness (QED) is 0.861. The van der Waals surface area contributed by atoms with Gasteiger partial charge in [-0.1, -0.05) is 30.0 Å². The van der Waals surface area contributed by atoms with Crippen molar-refractivity contribution >= 4 is 28.5 Å². The molecule has 1 aromatic rings. The first-order valence-electron chi connectivity index (χ1n) is 8.63. The number of hydrazine groups is 1. The molecule has 24 heavy (non-hydrogen) atoms. The maximum absolute atomic E-state index is 13.0. The van der Waals surface area contributed by atoms with Crippen molar-refractivity contribution in [3.63, 3.8) is 0 Å². The first-order valence-corrected chi connectivity index (χ1v) is 9.62. The van der Waals surface area contributed by atoms with Gasteiger partial charge in [-0.25, -0.2) is 10.4 Å². The van der Waals surface area contributed by atoms with Gasteiger partial charge in [0.25, 0.3) is 0 Å². The van der Waals surface area contributed by atoms with E-state index in [2.05, 4.69) is 15.8 Å². The summed E-state index contributed by atoms with van der Waals surface area (Å²) < 4.78 is 0. The van der Waals surface area contributed by atoms with Gasteiger partial charge in [-0.2, -0.15) is 0 Å². The molecule has 6 nitrogen and oxygen atoms in total. The van der Waals surface area contributed by atoms with E-state index in [4.69, 9.17) is 4.99 Å². The highest BCUT2D eigenvalue weighted by Gasteiger charge is 2.42. The number of hydrogen-bond donors (Lipinski definition) is 2. The van der Waals surface area contributed by atoms with Crippen LogP contribution >= 0.6 is 11.8 Å². The van der Waals surface area contributed by atoms with E-state index in [-0.39, 0.29) is 18.0 Å². The Hall–Kier alpha value is -1.41. The number of hydrogen-bond acceptors (Lipinski definition) is 6. The summed E-state index contributed by atoms with van der Waals surface area (Å²) in [5.41, 5.74) is 7.08. The summed E-state index contributed by atoms with van der Waals surface area (Å²) in [6.07, 6.45) is 2.46. The number of rotatable bonds is 4. The van der Waals surface area contributed by atoms with Gasteiger partial charge in [0.1, 0.15) is 6.17 Å². The number of thioether (sulfide) groups is 1. The van der Waals surface area contributed by atoms with E-state index < -0.39 is 0 Å². The summed E-state index contributed by atoms with van der Waals surface area (Å²) in [6, 6.07) is 9.85. The van der Waals surface area contributed by atoms with Crippen molar-refractivity contribution in [2.45, 2.75) is 19.0 Å². The van der Waals surface area contributed by atoms with Crippen LogP contribution < -0.4 is 15.8 Å². The zero-order valence-corrected chi connectivity index (χ0v) is 14.5. The van der Waals surface area contributed by atoms with Gasteiger partial charge in [0.2, 0.25) is 5.91 Å². The molecule has 2 atom stereocenters. The number of carbonyl (C=O) groups excluding carboxylic acids is 1. The van der Waals surface area contributed by atoms with Gasteiger partial charge in [0.15, 0.2) is 5.17 Å². The van der Waals surface area contributed by atoms with Crippen molar-refractivity contribution in [2.75, 3.05) is 36.8 Å². The minimum Gasteiger partial charge on any atom is -0.303 e. The number of likely N-dealkylation sites (tertiary alicyclic amines) is 1. The number of nitrogens with one attached hydrogen (secondary N) is 2. The van der Waals surface area contributed by atoms with E-state index in [9.17, 15) is 4.79 Å². The highest BCUT2D eigenvalue weighted by Crippen LogP contribution is 2.29.